The van der Waals surface area contributed by atoms with Gasteiger partial charge >= 0.3 is 12.0 Å². The number of amides is 3. The van der Waals surface area contributed by atoms with Gasteiger partial charge in [0.05, 0.1) is 10.7 Å². The fourth-order valence-electron chi connectivity index (χ4n) is 2.62. The Morgan fingerprint density at radius 3 is 2.68 bits per heavy atom. The number of benzene rings is 1. The third-order valence-electron chi connectivity index (χ3n) is 3.96. The van der Waals surface area contributed by atoms with Crippen LogP contribution in [0.5, 0.6) is 0 Å². The maximum Gasteiger partial charge on any atom is 0.322 e. The van der Waals surface area contributed by atoms with Gasteiger partial charge in [-0.1, -0.05) is 24.4 Å². The maximum absolute atomic E-state index is 12.2. The van der Waals surface area contributed by atoms with Crippen LogP contribution in [0.3, 0.4) is 0 Å². The van der Waals surface area contributed by atoms with Crippen LogP contribution in [0.25, 0.3) is 0 Å². The third-order valence-corrected chi connectivity index (χ3v) is 4.28. The van der Waals surface area contributed by atoms with Crippen LogP contribution in [0.4, 0.5) is 10.5 Å². The fourth-order valence-corrected chi connectivity index (χ4v) is 2.84. The fraction of sp³-hybridized carbons (Fsp3) is 0.471. The summed E-state index contributed by atoms with van der Waals surface area (Å²) < 4.78 is 0. The number of unbranched alkanes of at least 4 members (excludes halogenated alkanes) is 3. The molecule has 7 nitrogen and oxygen atoms in total. The zero-order valence-electron chi connectivity index (χ0n) is 13.9. The number of hydrogen-bond acceptors (Lipinski definition) is 3. The van der Waals surface area contributed by atoms with Gasteiger partial charge in [-0.3, -0.25) is 14.5 Å². The molecule has 25 heavy (non-hydrogen) atoms. The SMILES string of the molecule is O=C(O)CCCCCCNC(=O)c1ccc(Cl)c(N2CCNC2=O)c1. The average molecular weight is 368 g/mol. The van der Waals surface area contributed by atoms with Crippen molar-refractivity contribution in [3.63, 3.8) is 0 Å². The topological polar surface area (TPSA) is 98.7 Å². The van der Waals surface area contributed by atoms with Gasteiger partial charge < -0.3 is 15.7 Å². The molecule has 136 valence electrons. The van der Waals surface area contributed by atoms with E-state index in [1.807, 2.05) is 0 Å². The van der Waals surface area contributed by atoms with Crippen LogP contribution in [-0.2, 0) is 4.79 Å². The van der Waals surface area contributed by atoms with E-state index in [9.17, 15) is 14.4 Å². The zero-order valence-corrected chi connectivity index (χ0v) is 14.6. The number of carboxylic acid groups (broad SMARTS) is 1. The van der Waals surface area contributed by atoms with Crippen LogP contribution in [-0.4, -0.2) is 42.6 Å². The van der Waals surface area contributed by atoms with E-state index in [2.05, 4.69) is 10.6 Å². The number of urea groups is 1. The van der Waals surface area contributed by atoms with Gasteiger partial charge in [0, 0.05) is 31.6 Å². The van der Waals surface area contributed by atoms with Crippen molar-refractivity contribution in [2.75, 3.05) is 24.5 Å². The Balaban J connectivity index is 1.81. The first-order valence-electron chi connectivity index (χ1n) is 8.34. The molecule has 1 saturated heterocycles. The predicted octanol–water partition coefficient (Wildman–Crippen LogP) is 2.63. The lowest BCUT2D eigenvalue weighted by Crippen LogP contribution is -2.29. The molecule has 0 spiro atoms. The van der Waals surface area contributed by atoms with E-state index < -0.39 is 5.97 Å². The molecule has 3 amide bonds. The van der Waals surface area contributed by atoms with Gasteiger partial charge in [-0.15, -0.1) is 0 Å². The van der Waals surface area contributed by atoms with Gasteiger partial charge in [0.2, 0.25) is 0 Å². The largest absolute Gasteiger partial charge is 0.481 e. The molecule has 0 saturated carbocycles. The second kappa shape index (κ2) is 9.27. The summed E-state index contributed by atoms with van der Waals surface area (Å²) in [7, 11) is 0. The van der Waals surface area contributed by atoms with E-state index in [1.165, 1.54) is 4.90 Å². The van der Waals surface area contributed by atoms with Gasteiger partial charge in [0.25, 0.3) is 5.91 Å². The lowest BCUT2D eigenvalue weighted by molar-refractivity contribution is -0.137. The van der Waals surface area contributed by atoms with Crippen molar-refractivity contribution in [3.05, 3.63) is 28.8 Å². The van der Waals surface area contributed by atoms with E-state index in [0.29, 0.717) is 42.3 Å². The Kier molecular flexibility index (Phi) is 7.06. The Hall–Kier alpha value is -2.28. The van der Waals surface area contributed by atoms with Crippen LogP contribution < -0.4 is 15.5 Å². The lowest BCUT2D eigenvalue weighted by Gasteiger charge is -2.17. The Labute approximate surface area is 151 Å². The molecule has 1 aliphatic rings. The molecule has 8 heteroatoms. The van der Waals surface area contributed by atoms with Gasteiger partial charge in [-0.05, 0) is 31.0 Å². The lowest BCUT2D eigenvalue weighted by atomic mass is 10.1. The van der Waals surface area contributed by atoms with Gasteiger partial charge in [-0.2, -0.15) is 0 Å². The Morgan fingerprint density at radius 2 is 2.00 bits per heavy atom. The monoisotopic (exact) mass is 367 g/mol. The number of hydrogen-bond donors (Lipinski definition) is 3. The molecule has 0 aromatic heterocycles. The molecule has 1 fully saturated rings. The van der Waals surface area contributed by atoms with Gasteiger partial charge in [0.15, 0.2) is 0 Å². The Bertz CT molecular complexity index is 651. The number of nitrogens with one attached hydrogen (secondary N) is 2. The van der Waals surface area contributed by atoms with E-state index >= 15 is 0 Å². The van der Waals surface area contributed by atoms with Gasteiger partial charge in [0.1, 0.15) is 0 Å². The van der Waals surface area contributed by atoms with E-state index in [-0.39, 0.29) is 18.4 Å². The maximum atomic E-state index is 12.2. The van der Waals surface area contributed by atoms with Crippen molar-refractivity contribution < 1.29 is 19.5 Å². The molecule has 0 aliphatic carbocycles. The highest BCUT2D eigenvalue weighted by atomic mass is 35.5. The molecule has 1 aromatic rings. The minimum atomic E-state index is -0.779. The van der Waals surface area contributed by atoms with Crippen molar-refractivity contribution in [1.29, 1.82) is 0 Å². The summed E-state index contributed by atoms with van der Waals surface area (Å²) in [6.07, 6.45) is 3.33. The van der Waals surface area contributed by atoms with Crippen molar-refractivity contribution in [3.8, 4) is 0 Å². The first kappa shape index (κ1) is 19.1. The highest BCUT2D eigenvalue weighted by Gasteiger charge is 2.24. The molecule has 0 bridgehead atoms. The van der Waals surface area contributed by atoms with E-state index in [0.717, 1.165) is 19.3 Å². The second-order valence-corrected chi connectivity index (χ2v) is 6.27. The molecule has 2 rings (SSSR count). The first-order valence-corrected chi connectivity index (χ1v) is 8.72. The number of carbonyl (C=O) groups excluding carboxylic acids is 2. The van der Waals surface area contributed by atoms with Crippen LogP contribution >= 0.6 is 11.6 Å². The summed E-state index contributed by atoms with van der Waals surface area (Å²) in [5, 5.41) is 14.5. The van der Waals surface area contributed by atoms with Crippen molar-refractivity contribution in [2.24, 2.45) is 0 Å². The minimum absolute atomic E-state index is 0.185. The first-order chi connectivity index (χ1) is 12.0. The number of carbonyl (C=O) groups is 3. The number of carboxylic acids is 1. The average Bonchev–Trinajstić information content (AvgIpc) is 2.99. The molecule has 0 unspecified atom stereocenters. The predicted molar refractivity (Wildman–Crippen MR) is 95.3 cm³/mol. The molecule has 3 N–H and O–H groups in total. The molecular formula is C17H22ClN3O4. The molecule has 0 radical (unpaired) electrons. The highest BCUT2D eigenvalue weighted by molar-refractivity contribution is 6.34. The standard InChI is InChI=1S/C17H22ClN3O4/c18-13-7-6-12(11-14(13)21-10-9-20-17(21)25)16(24)19-8-4-2-1-3-5-15(22)23/h6-7,11H,1-5,8-10H2,(H,19,24)(H,20,25)(H,22,23). The molecule has 1 aromatic carbocycles. The summed E-state index contributed by atoms with van der Waals surface area (Å²) in [6.45, 7) is 1.58. The summed E-state index contributed by atoms with van der Waals surface area (Å²) in [5.41, 5.74) is 0.975. The normalized spacial score (nSPS) is 13.6. The summed E-state index contributed by atoms with van der Waals surface area (Å²) in [4.78, 5) is 35.9. The van der Waals surface area contributed by atoms with Crippen molar-refractivity contribution in [1.82, 2.24) is 10.6 Å². The smallest absolute Gasteiger partial charge is 0.322 e. The van der Waals surface area contributed by atoms with Crippen LogP contribution in [0.2, 0.25) is 5.02 Å². The summed E-state index contributed by atoms with van der Waals surface area (Å²) >= 11 is 6.15. The number of anilines is 1. The van der Waals surface area contributed by atoms with Gasteiger partial charge in [-0.25, -0.2) is 4.79 Å². The van der Waals surface area contributed by atoms with Crippen LogP contribution in [0.15, 0.2) is 18.2 Å². The summed E-state index contributed by atoms with van der Waals surface area (Å²) in [5.74, 6) is -0.999. The zero-order chi connectivity index (χ0) is 18.2. The van der Waals surface area contributed by atoms with Crippen molar-refractivity contribution in [2.45, 2.75) is 32.1 Å². The number of nitrogens with zero attached hydrogens (tertiary/aromatic N) is 1. The van der Waals surface area contributed by atoms with Crippen LogP contribution in [0.1, 0.15) is 42.5 Å². The highest BCUT2D eigenvalue weighted by Crippen LogP contribution is 2.28. The van der Waals surface area contributed by atoms with E-state index in [4.69, 9.17) is 16.7 Å². The number of aliphatic carboxylic acids is 1. The van der Waals surface area contributed by atoms with E-state index in [1.54, 1.807) is 18.2 Å². The quantitative estimate of drug-likeness (QED) is 0.584. The Morgan fingerprint density at radius 1 is 1.24 bits per heavy atom. The summed E-state index contributed by atoms with van der Waals surface area (Å²) in [6, 6.07) is 4.64. The second-order valence-electron chi connectivity index (χ2n) is 5.86. The minimum Gasteiger partial charge on any atom is -0.481 e. The molecule has 1 aliphatic heterocycles. The molecular weight excluding hydrogens is 346 g/mol. The van der Waals surface area contributed by atoms with Crippen LogP contribution in [0, 0.1) is 0 Å². The molecule has 1 heterocycles. The number of halogens is 1. The third kappa shape index (κ3) is 5.63. The van der Waals surface area contributed by atoms with Crippen molar-refractivity contribution >= 4 is 35.2 Å². The molecule has 0 atom stereocenters. The number of rotatable bonds is 9.